The molecule has 14 heavy (non-hydrogen) atoms. The average Bonchev–Trinajstić information content (AvgIpc) is 2.30. The van der Waals surface area contributed by atoms with E-state index >= 15 is 0 Å². The molecule has 2 rings (SSSR count). The van der Waals surface area contributed by atoms with E-state index in [9.17, 15) is 0 Å². The SMILES string of the molecule is C#Cc1ccncc1-c1ccccc1. The van der Waals surface area contributed by atoms with Crippen molar-refractivity contribution < 1.29 is 0 Å². The molecule has 0 unspecified atom stereocenters. The highest BCUT2D eigenvalue weighted by atomic mass is 14.6. The summed E-state index contributed by atoms with van der Waals surface area (Å²) in [5.41, 5.74) is 3.00. The molecule has 0 radical (unpaired) electrons. The van der Waals surface area contributed by atoms with Crippen LogP contribution in [0, 0.1) is 12.3 Å². The van der Waals surface area contributed by atoms with Gasteiger partial charge in [-0.15, -0.1) is 6.42 Å². The fraction of sp³-hybridized carbons (Fsp3) is 0. The Bertz CT molecular complexity index is 466. The zero-order chi connectivity index (χ0) is 9.80. The molecule has 0 aliphatic carbocycles. The number of pyridine rings is 1. The highest BCUT2D eigenvalue weighted by Gasteiger charge is 2.00. The molecular weight excluding hydrogens is 170 g/mol. The summed E-state index contributed by atoms with van der Waals surface area (Å²) in [6.07, 6.45) is 8.92. The zero-order valence-corrected chi connectivity index (χ0v) is 7.64. The predicted octanol–water partition coefficient (Wildman–Crippen LogP) is 2.73. The molecule has 0 fully saturated rings. The van der Waals surface area contributed by atoms with Gasteiger partial charge in [-0.2, -0.15) is 0 Å². The van der Waals surface area contributed by atoms with Crippen molar-refractivity contribution in [1.29, 1.82) is 0 Å². The molecule has 1 aromatic carbocycles. The summed E-state index contributed by atoms with van der Waals surface area (Å²) in [7, 11) is 0. The number of hydrogen-bond acceptors (Lipinski definition) is 1. The molecule has 2 aromatic rings. The fourth-order valence-electron chi connectivity index (χ4n) is 1.37. The summed E-state index contributed by atoms with van der Waals surface area (Å²) in [5, 5.41) is 0. The lowest BCUT2D eigenvalue weighted by molar-refractivity contribution is 1.32. The summed E-state index contributed by atoms with van der Waals surface area (Å²) in [6, 6.07) is 11.9. The van der Waals surface area contributed by atoms with E-state index in [4.69, 9.17) is 6.42 Å². The lowest BCUT2D eigenvalue weighted by atomic mass is 10.0. The number of nitrogens with zero attached hydrogens (tertiary/aromatic N) is 1. The highest BCUT2D eigenvalue weighted by Crippen LogP contribution is 2.21. The molecule has 1 aromatic heterocycles. The van der Waals surface area contributed by atoms with Crippen LogP contribution in [-0.4, -0.2) is 4.98 Å². The van der Waals surface area contributed by atoms with Gasteiger partial charge in [0.1, 0.15) is 0 Å². The van der Waals surface area contributed by atoms with Crippen LogP contribution in [0.1, 0.15) is 5.56 Å². The van der Waals surface area contributed by atoms with Gasteiger partial charge in [-0.3, -0.25) is 4.98 Å². The van der Waals surface area contributed by atoms with Crippen molar-refractivity contribution in [2.45, 2.75) is 0 Å². The normalized spacial score (nSPS) is 9.36. The van der Waals surface area contributed by atoms with Crippen molar-refractivity contribution in [2.24, 2.45) is 0 Å². The Morgan fingerprint density at radius 1 is 1.07 bits per heavy atom. The lowest BCUT2D eigenvalue weighted by Gasteiger charge is -2.02. The topological polar surface area (TPSA) is 12.9 Å². The Kier molecular flexibility index (Phi) is 2.29. The van der Waals surface area contributed by atoms with Crippen LogP contribution in [0.15, 0.2) is 48.8 Å². The van der Waals surface area contributed by atoms with Crippen molar-refractivity contribution in [3.8, 4) is 23.5 Å². The first-order chi connectivity index (χ1) is 6.92. The lowest BCUT2D eigenvalue weighted by Crippen LogP contribution is -1.84. The quantitative estimate of drug-likeness (QED) is 0.613. The van der Waals surface area contributed by atoms with E-state index in [-0.39, 0.29) is 0 Å². The number of benzene rings is 1. The van der Waals surface area contributed by atoms with Crippen LogP contribution in [0.4, 0.5) is 0 Å². The van der Waals surface area contributed by atoms with E-state index in [2.05, 4.69) is 10.9 Å². The smallest absolute Gasteiger partial charge is 0.0358 e. The average molecular weight is 179 g/mol. The van der Waals surface area contributed by atoms with Crippen LogP contribution < -0.4 is 0 Å². The molecule has 66 valence electrons. The van der Waals surface area contributed by atoms with E-state index < -0.39 is 0 Å². The van der Waals surface area contributed by atoms with Gasteiger partial charge in [0.25, 0.3) is 0 Å². The Hall–Kier alpha value is -2.07. The summed E-state index contributed by atoms with van der Waals surface area (Å²) in [4.78, 5) is 4.07. The molecule has 1 heterocycles. The standard InChI is InChI=1S/C13H9N/c1-2-11-8-9-14-10-13(11)12-6-4-3-5-7-12/h1,3-10H. The Morgan fingerprint density at radius 2 is 1.86 bits per heavy atom. The third-order valence-electron chi connectivity index (χ3n) is 2.06. The van der Waals surface area contributed by atoms with Crippen molar-refractivity contribution in [3.05, 3.63) is 54.4 Å². The number of rotatable bonds is 1. The van der Waals surface area contributed by atoms with Gasteiger partial charge in [0, 0.05) is 23.5 Å². The van der Waals surface area contributed by atoms with E-state index in [1.807, 2.05) is 36.4 Å². The highest BCUT2D eigenvalue weighted by molar-refractivity contribution is 5.69. The first-order valence-corrected chi connectivity index (χ1v) is 4.38. The monoisotopic (exact) mass is 179 g/mol. The minimum absolute atomic E-state index is 0.881. The van der Waals surface area contributed by atoms with Gasteiger partial charge in [0.15, 0.2) is 0 Å². The second-order valence-corrected chi connectivity index (χ2v) is 2.93. The van der Waals surface area contributed by atoms with E-state index in [0.29, 0.717) is 0 Å². The maximum absolute atomic E-state index is 5.41. The molecule has 0 aliphatic rings. The van der Waals surface area contributed by atoms with Crippen molar-refractivity contribution >= 4 is 0 Å². The predicted molar refractivity (Wildman–Crippen MR) is 57.6 cm³/mol. The second kappa shape index (κ2) is 3.76. The van der Waals surface area contributed by atoms with Crippen LogP contribution >= 0.6 is 0 Å². The maximum Gasteiger partial charge on any atom is 0.0358 e. The minimum Gasteiger partial charge on any atom is -0.264 e. The fourth-order valence-corrected chi connectivity index (χ4v) is 1.37. The molecule has 0 N–H and O–H groups in total. The van der Waals surface area contributed by atoms with Crippen molar-refractivity contribution in [2.75, 3.05) is 0 Å². The Morgan fingerprint density at radius 3 is 2.57 bits per heavy atom. The zero-order valence-electron chi connectivity index (χ0n) is 7.64. The van der Waals surface area contributed by atoms with Crippen LogP contribution in [0.5, 0.6) is 0 Å². The van der Waals surface area contributed by atoms with Gasteiger partial charge in [0.05, 0.1) is 0 Å². The van der Waals surface area contributed by atoms with E-state index in [1.165, 1.54) is 0 Å². The van der Waals surface area contributed by atoms with E-state index in [0.717, 1.165) is 16.7 Å². The maximum atomic E-state index is 5.41. The molecule has 0 atom stereocenters. The summed E-state index contributed by atoms with van der Waals surface area (Å²) in [6.45, 7) is 0. The molecule has 0 bridgehead atoms. The largest absolute Gasteiger partial charge is 0.264 e. The molecular formula is C13H9N. The van der Waals surface area contributed by atoms with Crippen molar-refractivity contribution in [3.63, 3.8) is 0 Å². The van der Waals surface area contributed by atoms with Crippen LogP contribution in [0.25, 0.3) is 11.1 Å². The summed E-state index contributed by atoms with van der Waals surface area (Å²) < 4.78 is 0. The van der Waals surface area contributed by atoms with Gasteiger partial charge in [0.2, 0.25) is 0 Å². The van der Waals surface area contributed by atoms with E-state index in [1.54, 1.807) is 12.4 Å². The van der Waals surface area contributed by atoms with Crippen LogP contribution in [0.3, 0.4) is 0 Å². The Labute approximate surface area is 83.4 Å². The van der Waals surface area contributed by atoms with Crippen molar-refractivity contribution in [1.82, 2.24) is 4.98 Å². The molecule has 0 saturated carbocycles. The molecule has 0 spiro atoms. The molecule has 1 heteroatoms. The summed E-state index contributed by atoms with van der Waals surface area (Å²) >= 11 is 0. The third-order valence-corrected chi connectivity index (χ3v) is 2.06. The number of hydrogen-bond donors (Lipinski definition) is 0. The summed E-state index contributed by atoms with van der Waals surface area (Å²) in [5.74, 6) is 2.65. The van der Waals surface area contributed by atoms with Crippen LogP contribution in [0.2, 0.25) is 0 Å². The van der Waals surface area contributed by atoms with Crippen LogP contribution in [-0.2, 0) is 0 Å². The van der Waals surface area contributed by atoms with Gasteiger partial charge in [-0.25, -0.2) is 0 Å². The molecule has 0 aliphatic heterocycles. The van der Waals surface area contributed by atoms with Gasteiger partial charge < -0.3 is 0 Å². The molecule has 0 amide bonds. The number of terminal acetylenes is 1. The van der Waals surface area contributed by atoms with Gasteiger partial charge in [-0.05, 0) is 11.6 Å². The number of aromatic nitrogens is 1. The minimum atomic E-state index is 0.881. The third kappa shape index (κ3) is 1.51. The second-order valence-electron chi connectivity index (χ2n) is 2.93. The van der Waals surface area contributed by atoms with Gasteiger partial charge in [-0.1, -0.05) is 36.3 Å². The van der Waals surface area contributed by atoms with Gasteiger partial charge >= 0.3 is 0 Å². The molecule has 0 saturated heterocycles. The first-order valence-electron chi connectivity index (χ1n) is 4.38. The first kappa shape index (κ1) is 8.52. The Balaban J connectivity index is 2.58. The molecule has 1 nitrogen and oxygen atoms in total.